The summed E-state index contributed by atoms with van der Waals surface area (Å²) in [6.07, 6.45) is 10.8. The standard InChI is InChI=1S/C16H27N3O/c1-3-10-17-16(13-8-6-4-5-7-9-13)14-11-15(20-2)19-12-18-14/h11-13,16-17H,3-10H2,1-2H3. The molecule has 1 unspecified atom stereocenters. The van der Waals surface area contributed by atoms with Crippen molar-refractivity contribution in [1.82, 2.24) is 15.3 Å². The van der Waals surface area contributed by atoms with Gasteiger partial charge in [-0.25, -0.2) is 9.97 Å². The molecule has 0 spiro atoms. The summed E-state index contributed by atoms with van der Waals surface area (Å²) in [4.78, 5) is 8.62. The lowest BCUT2D eigenvalue weighted by molar-refractivity contribution is 0.317. The molecule has 1 aliphatic rings. The Morgan fingerprint density at radius 1 is 1.25 bits per heavy atom. The van der Waals surface area contributed by atoms with Gasteiger partial charge < -0.3 is 10.1 Å². The van der Waals surface area contributed by atoms with Crippen LogP contribution < -0.4 is 10.1 Å². The van der Waals surface area contributed by atoms with Crippen molar-refractivity contribution in [3.05, 3.63) is 18.1 Å². The molecule has 0 aromatic carbocycles. The molecule has 4 nitrogen and oxygen atoms in total. The summed E-state index contributed by atoms with van der Waals surface area (Å²) in [5, 5.41) is 3.69. The monoisotopic (exact) mass is 277 g/mol. The summed E-state index contributed by atoms with van der Waals surface area (Å²) < 4.78 is 5.24. The number of ether oxygens (including phenoxy) is 1. The third kappa shape index (κ3) is 4.17. The molecule has 1 aromatic rings. The number of nitrogens with one attached hydrogen (secondary N) is 1. The van der Waals surface area contributed by atoms with E-state index < -0.39 is 0 Å². The second kappa shape index (κ2) is 8.20. The van der Waals surface area contributed by atoms with Gasteiger partial charge in [-0.15, -0.1) is 0 Å². The molecule has 0 amide bonds. The SMILES string of the molecule is CCCNC(c1cc(OC)ncn1)C1CCCCCC1. The van der Waals surface area contributed by atoms with E-state index in [4.69, 9.17) is 4.74 Å². The smallest absolute Gasteiger partial charge is 0.216 e. The Morgan fingerprint density at radius 2 is 2.00 bits per heavy atom. The molecule has 1 aromatic heterocycles. The van der Waals surface area contributed by atoms with Crippen LogP contribution in [0, 0.1) is 5.92 Å². The van der Waals surface area contributed by atoms with Gasteiger partial charge >= 0.3 is 0 Å². The minimum absolute atomic E-state index is 0.338. The molecule has 1 N–H and O–H groups in total. The van der Waals surface area contributed by atoms with Gasteiger partial charge in [-0.05, 0) is 31.7 Å². The molecular formula is C16H27N3O. The van der Waals surface area contributed by atoms with Crippen molar-refractivity contribution in [2.75, 3.05) is 13.7 Å². The van der Waals surface area contributed by atoms with Crippen LogP contribution in [0.4, 0.5) is 0 Å². The Balaban J connectivity index is 2.15. The predicted octanol–water partition coefficient (Wildman–Crippen LogP) is 3.50. The molecule has 1 atom stereocenters. The van der Waals surface area contributed by atoms with Crippen molar-refractivity contribution in [2.45, 2.75) is 57.9 Å². The summed E-state index contributed by atoms with van der Waals surface area (Å²) in [6.45, 7) is 3.24. The maximum atomic E-state index is 5.24. The Kier molecular flexibility index (Phi) is 6.25. The van der Waals surface area contributed by atoms with Crippen molar-refractivity contribution < 1.29 is 4.74 Å². The molecule has 1 saturated carbocycles. The van der Waals surface area contributed by atoms with Gasteiger partial charge in [-0.3, -0.25) is 0 Å². The molecule has 0 aliphatic heterocycles. The van der Waals surface area contributed by atoms with Crippen LogP contribution in [0.25, 0.3) is 0 Å². The van der Waals surface area contributed by atoms with E-state index in [2.05, 4.69) is 22.2 Å². The summed E-state index contributed by atoms with van der Waals surface area (Å²) in [6, 6.07) is 2.32. The van der Waals surface area contributed by atoms with Crippen molar-refractivity contribution in [1.29, 1.82) is 0 Å². The van der Waals surface area contributed by atoms with Gasteiger partial charge in [-0.2, -0.15) is 0 Å². The molecule has 20 heavy (non-hydrogen) atoms. The van der Waals surface area contributed by atoms with E-state index in [1.165, 1.54) is 38.5 Å². The first-order chi connectivity index (χ1) is 9.85. The molecular weight excluding hydrogens is 250 g/mol. The topological polar surface area (TPSA) is 47.0 Å². The maximum absolute atomic E-state index is 5.24. The highest BCUT2D eigenvalue weighted by molar-refractivity contribution is 5.17. The maximum Gasteiger partial charge on any atom is 0.216 e. The Morgan fingerprint density at radius 3 is 2.65 bits per heavy atom. The lowest BCUT2D eigenvalue weighted by Crippen LogP contribution is -2.29. The molecule has 0 saturated heterocycles. The van der Waals surface area contributed by atoms with Crippen LogP contribution in [0.3, 0.4) is 0 Å². The highest BCUT2D eigenvalue weighted by Gasteiger charge is 2.25. The van der Waals surface area contributed by atoms with Gasteiger partial charge in [0.25, 0.3) is 0 Å². The van der Waals surface area contributed by atoms with E-state index in [1.807, 2.05) is 6.07 Å². The van der Waals surface area contributed by atoms with E-state index in [-0.39, 0.29) is 0 Å². The minimum atomic E-state index is 0.338. The zero-order valence-corrected chi connectivity index (χ0v) is 12.8. The molecule has 4 heteroatoms. The van der Waals surface area contributed by atoms with Gasteiger partial charge in [0.1, 0.15) is 6.33 Å². The molecule has 1 heterocycles. The van der Waals surface area contributed by atoms with Gasteiger partial charge in [0.15, 0.2) is 0 Å². The zero-order valence-electron chi connectivity index (χ0n) is 12.8. The lowest BCUT2D eigenvalue weighted by Gasteiger charge is -2.27. The van der Waals surface area contributed by atoms with Gasteiger partial charge in [0, 0.05) is 6.07 Å². The van der Waals surface area contributed by atoms with Crippen LogP contribution in [-0.4, -0.2) is 23.6 Å². The van der Waals surface area contributed by atoms with Gasteiger partial charge in [-0.1, -0.05) is 32.6 Å². The first-order valence-electron chi connectivity index (χ1n) is 7.94. The lowest BCUT2D eigenvalue weighted by atomic mass is 9.89. The van der Waals surface area contributed by atoms with Crippen LogP contribution in [0.1, 0.15) is 63.6 Å². The highest BCUT2D eigenvalue weighted by atomic mass is 16.5. The fraction of sp³-hybridized carbons (Fsp3) is 0.750. The van der Waals surface area contributed by atoms with Crippen LogP contribution in [0.5, 0.6) is 5.88 Å². The average molecular weight is 277 g/mol. The first kappa shape index (κ1) is 15.2. The summed E-state index contributed by atoms with van der Waals surface area (Å²) in [5.74, 6) is 1.34. The summed E-state index contributed by atoms with van der Waals surface area (Å²) in [5.41, 5.74) is 1.08. The normalized spacial score (nSPS) is 18.5. The van der Waals surface area contributed by atoms with Gasteiger partial charge in [0.05, 0.1) is 18.8 Å². The fourth-order valence-corrected chi connectivity index (χ4v) is 3.09. The van der Waals surface area contributed by atoms with Crippen LogP contribution in [0.15, 0.2) is 12.4 Å². The molecule has 1 aliphatic carbocycles. The van der Waals surface area contributed by atoms with E-state index in [9.17, 15) is 0 Å². The number of rotatable bonds is 6. The van der Waals surface area contributed by atoms with E-state index in [0.717, 1.165) is 18.7 Å². The predicted molar refractivity (Wildman–Crippen MR) is 80.8 cm³/mol. The Hall–Kier alpha value is -1.16. The first-order valence-corrected chi connectivity index (χ1v) is 7.94. The van der Waals surface area contributed by atoms with Gasteiger partial charge in [0.2, 0.25) is 5.88 Å². The number of aromatic nitrogens is 2. The Bertz CT molecular complexity index is 389. The van der Waals surface area contributed by atoms with E-state index in [1.54, 1.807) is 13.4 Å². The summed E-state index contributed by atoms with van der Waals surface area (Å²) >= 11 is 0. The summed E-state index contributed by atoms with van der Waals surface area (Å²) in [7, 11) is 1.66. The second-order valence-electron chi connectivity index (χ2n) is 5.67. The quantitative estimate of drug-likeness (QED) is 0.808. The number of hydrogen-bond donors (Lipinski definition) is 1. The van der Waals surface area contributed by atoms with Crippen LogP contribution >= 0.6 is 0 Å². The molecule has 112 valence electrons. The molecule has 2 rings (SSSR count). The third-order valence-corrected chi connectivity index (χ3v) is 4.18. The van der Waals surface area contributed by atoms with E-state index in [0.29, 0.717) is 17.8 Å². The zero-order chi connectivity index (χ0) is 14.2. The largest absolute Gasteiger partial charge is 0.481 e. The van der Waals surface area contributed by atoms with Crippen LogP contribution in [-0.2, 0) is 0 Å². The minimum Gasteiger partial charge on any atom is -0.481 e. The van der Waals surface area contributed by atoms with E-state index >= 15 is 0 Å². The van der Waals surface area contributed by atoms with Crippen molar-refractivity contribution in [3.8, 4) is 5.88 Å². The Labute approximate surface area is 122 Å². The third-order valence-electron chi connectivity index (χ3n) is 4.18. The number of nitrogens with zero attached hydrogens (tertiary/aromatic N) is 2. The van der Waals surface area contributed by atoms with Crippen LogP contribution in [0.2, 0.25) is 0 Å². The highest BCUT2D eigenvalue weighted by Crippen LogP contribution is 2.33. The number of methoxy groups -OCH3 is 1. The molecule has 0 radical (unpaired) electrons. The second-order valence-corrected chi connectivity index (χ2v) is 5.67. The van der Waals surface area contributed by atoms with Crippen molar-refractivity contribution >= 4 is 0 Å². The average Bonchev–Trinajstić information content (AvgIpc) is 2.77. The van der Waals surface area contributed by atoms with Crippen molar-refractivity contribution in [2.24, 2.45) is 5.92 Å². The number of hydrogen-bond acceptors (Lipinski definition) is 4. The molecule has 0 bridgehead atoms. The molecule has 1 fully saturated rings. The fourth-order valence-electron chi connectivity index (χ4n) is 3.09. The van der Waals surface area contributed by atoms with Crippen molar-refractivity contribution in [3.63, 3.8) is 0 Å².